The number of unbranched alkanes of at least 4 members (excludes halogenated alkanes) is 3. The molecule has 0 bridgehead atoms. The minimum absolute atomic E-state index is 0.165. The standard InChI is InChI=1S/C28H30O4/c1-20(32-28-14-10-22-17-26(30)12-8-24(22)19-28)6-4-2-3-5-15-31-27-13-9-21-16-25(29)11-7-23(21)18-27/h7-14,16-20,29-30H,2-6,15H2,1H3. The van der Waals surface area contributed by atoms with Crippen molar-refractivity contribution in [3.63, 3.8) is 0 Å². The number of hydrogen-bond acceptors (Lipinski definition) is 4. The average Bonchev–Trinajstić information content (AvgIpc) is 2.78. The quantitative estimate of drug-likeness (QED) is 0.261. The van der Waals surface area contributed by atoms with E-state index in [2.05, 4.69) is 6.92 Å². The van der Waals surface area contributed by atoms with Crippen LogP contribution < -0.4 is 9.47 Å². The van der Waals surface area contributed by atoms with E-state index >= 15 is 0 Å². The molecule has 4 aromatic carbocycles. The van der Waals surface area contributed by atoms with Crippen LogP contribution in [0.15, 0.2) is 72.8 Å². The zero-order chi connectivity index (χ0) is 22.3. The molecule has 4 aromatic rings. The summed E-state index contributed by atoms with van der Waals surface area (Å²) in [7, 11) is 0. The van der Waals surface area contributed by atoms with E-state index in [-0.39, 0.29) is 17.6 Å². The Kier molecular flexibility index (Phi) is 7.00. The van der Waals surface area contributed by atoms with Gasteiger partial charge in [-0.05, 0) is 96.3 Å². The van der Waals surface area contributed by atoms with E-state index in [4.69, 9.17) is 9.47 Å². The zero-order valence-corrected chi connectivity index (χ0v) is 18.5. The van der Waals surface area contributed by atoms with Crippen LogP contribution in [0.25, 0.3) is 21.5 Å². The van der Waals surface area contributed by atoms with Gasteiger partial charge in [-0.25, -0.2) is 0 Å². The number of rotatable bonds is 10. The van der Waals surface area contributed by atoms with E-state index in [9.17, 15) is 10.2 Å². The first kappa shape index (κ1) is 21.8. The Morgan fingerprint density at radius 1 is 0.625 bits per heavy atom. The first-order chi connectivity index (χ1) is 15.6. The Morgan fingerprint density at radius 2 is 1.16 bits per heavy atom. The largest absolute Gasteiger partial charge is 0.508 e. The number of phenols is 2. The Balaban J connectivity index is 1.13. The van der Waals surface area contributed by atoms with Crippen molar-refractivity contribution in [3.8, 4) is 23.0 Å². The second-order valence-corrected chi connectivity index (χ2v) is 8.37. The van der Waals surface area contributed by atoms with Gasteiger partial charge in [0.15, 0.2) is 0 Å². The second kappa shape index (κ2) is 10.3. The molecule has 4 nitrogen and oxygen atoms in total. The van der Waals surface area contributed by atoms with Crippen LogP contribution in [0.4, 0.5) is 0 Å². The third kappa shape index (κ3) is 5.85. The van der Waals surface area contributed by atoms with Crippen LogP contribution in [-0.2, 0) is 0 Å². The molecule has 4 rings (SSSR count). The summed E-state index contributed by atoms with van der Waals surface area (Å²) in [5.74, 6) is 2.30. The Bertz CT molecular complexity index is 1180. The molecule has 0 heterocycles. The van der Waals surface area contributed by atoms with E-state index in [1.165, 1.54) is 0 Å². The second-order valence-electron chi connectivity index (χ2n) is 8.37. The van der Waals surface area contributed by atoms with E-state index in [0.29, 0.717) is 6.61 Å². The fraction of sp³-hybridized carbons (Fsp3) is 0.286. The lowest BCUT2D eigenvalue weighted by atomic mass is 10.1. The van der Waals surface area contributed by atoms with Gasteiger partial charge in [-0.2, -0.15) is 0 Å². The van der Waals surface area contributed by atoms with Crippen molar-refractivity contribution in [1.29, 1.82) is 0 Å². The molecule has 0 saturated heterocycles. The van der Waals surface area contributed by atoms with E-state index in [0.717, 1.165) is 65.1 Å². The number of ether oxygens (including phenoxy) is 2. The fourth-order valence-corrected chi connectivity index (χ4v) is 3.95. The van der Waals surface area contributed by atoms with Gasteiger partial charge in [0, 0.05) is 0 Å². The molecule has 0 fully saturated rings. The fourth-order valence-electron chi connectivity index (χ4n) is 3.95. The minimum atomic E-state index is 0.165. The van der Waals surface area contributed by atoms with Gasteiger partial charge in [-0.1, -0.05) is 37.1 Å². The number of phenolic OH excluding ortho intramolecular Hbond substituents is 2. The van der Waals surface area contributed by atoms with E-state index in [1.807, 2.05) is 48.5 Å². The Hall–Kier alpha value is -3.40. The topological polar surface area (TPSA) is 58.9 Å². The molecule has 0 aliphatic carbocycles. The summed E-state index contributed by atoms with van der Waals surface area (Å²) in [6.45, 7) is 2.83. The molecule has 0 amide bonds. The first-order valence-electron chi connectivity index (χ1n) is 11.3. The molecule has 0 aliphatic rings. The van der Waals surface area contributed by atoms with E-state index in [1.54, 1.807) is 24.3 Å². The van der Waals surface area contributed by atoms with Crippen LogP contribution in [0, 0.1) is 0 Å². The molecule has 4 heteroatoms. The summed E-state index contributed by atoms with van der Waals surface area (Å²) in [6, 6.07) is 22.7. The lowest BCUT2D eigenvalue weighted by Gasteiger charge is -2.15. The summed E-state index contributed by atoms with van der Waals surface area (Å²) in [5, 5.41) is 23.3. The maximum absolute atomic E-state index is 9.58. The highest BCUT2D eigenvalue weighted by atomic mass is 16.5. The highest BCUT2D eigenvalue weighted by Gasteiger charge is 2.06. The molecule has 0 aromatic heterocycles. The lowest BCUT2D eigenvalue weighted by molar-refractivity contribution is 0.206. The number of aromatic hydroxyl groups is 2. The van der Waals surface area contributed by atoms with Gasteiger partial charge in [0.2, 0.25) is 0 Å². The molecule has 166 valence electrons. The van der Waals surface area contributed by atoms with Gasteiger partial charge in [0.1, 0.15) is 23.0 Å². The van der Waals surface area contributed by atoms with Crippen LogP contribution >= 0.6 is 0 Å². The molecule has 32 heavy (non-hydrogen) atoms. The predicted octanol–water partition coefficient (Wildman–Crippen LogP) is 7.20. The van der Waals surface area contributed by atoms with Crippen LogP contribution in [0.1, 0.15) is 39.0 Å². The summed E-state index contributed by atoms with van der Waals surface area (Å²) in [5.41, 5.74) is 0. The molecule has 0 radical (unpaired) electrons. The maximum Gasteiger partial charge on any atom is 0.120 e. The van der Waals surface area contributed by atoms with Gasteiger partial charge in [0.25, 0.3) is 0 Å². The van der Waals surface area contributed by atoms with Crippen LogP contribution in [-0.4, -0.2) is 22.9 Å². The van der Waals surface area contributed by atoms with Crippen molar-refractivity contribution in [1.82, 2.24) is 0 Å². The van der Waals surface area contributed by atoms with Gasteiger partial charge in [-0.15, -0.1) is 0 Å². The normalized spacial score (nSPS) is 12.2. The number of fused-ring (bicyclic) bond motifs is 2. The molecule has 0 saturated carbocycles. The van der Waals surface area contributed by atoms with Crippen molar-refractivity contribution in [2.45, 2.75) is 45.1 Å². The van der Waals surface area contributed by atoms with Crippen molar-refractivity contribution in [2.24, 2.45) is 0 Å². The number of hydrogen-bond donors (Lipinski definition) is 2. The van der Waals surface area contributed by atoms with Gasteiger partial charge in [-0.3, -0.25) is 0 Å². The monoisotopic (exact) mass is 430 g/mol. The van der Waals surface area contributed by atoms with Gasteiger partial charge < -0.3 is 19.7 Å². The van der Waals surface area contributed by atoms with Crippen LogP contribution in [0.5, 0.6) is 23.0 Å². The maximum atomic E-state index is 9.58. The predicted molar refractivity (Wildman–Crippen MR) is 130 cm³/mol. The third-order valence-corrected chi connectivity index (χ3v) is 5.70. The molecule has 0 spiro atoms. The smallest absolute Gasteiger partial charge is 0.120 e. The van der Waals surface area contributed by atoms with Crippen molar-refractivity contribution in [3.05, 3.63) is 72.8 Å². The molecule has 1 unspecified atom stereocenters. The number of benzene rings is 4. The summed E-state index contributed by atoms with van der Waals surface area (Å²) >= 11 is 0. The Morgan fingerprint density at radius 3 is 1.84 bits per heavy atom. The van der Waals surface area contributed by atoms with Crippen molar-refractivity contribution < 1.29 is 19.7 Å². The molecular formula is C28H30O4. The van der Waals surface area contributed by atoms with E-state index < -0.39 is 0 Å². The zero-order valence-electron chi connectivity index (χ0n) is 18.5. The summed E-state index contributed by atoms with van der Waals surface area (Å²) in [4.78, 5) is 0. The average molecular weight is 431 g/mol. The van der Waals surface area contributed by atoms with Gasteiger partial charge in [0.05, 0.1) is 12.7 Å². The summed E-state index contributed by atoms with van der Waals surface area (Å²) in [6.07, 6.45) is 5.63. The molecule has 2 N–H and O–H groups in total. The lowest BCUT2D eigenvalue weighted by Crippen LogP contribution is -2.11. The highest BCUT2D eigenvalue weighted by Crippen LogP contribution is 2.26. The highest BCUT2D eigenvalue weighted by molar-refractivity contribution is 5.85. The van der Waals surface area contributed by atoms with Crippen molar-refractivity contribution in [2.75, 3.05) is 6.61 Å². The van der Waals surface area contributed by atoms with Crippen LogP contribution in [0.2, 0.25) is 0 Å². The van der Waals surface area contributed by atoms with Crippen LogP contribution in [0.3, 0.4) is 0 Å². The molecule has 1 atom stereocenters. The first-order valence-corrected chi connectivity index (χ1v) is 11.3. The third-order valence-electron chi connectivity index (χ3n) is 5.70. The van der Waals surface area contributed by atoms with Gasteiger partial charge >= 0.3 is 0 Å². The SMILES string of the molecule is CC(CCCCCCOc1ccc2cc(O)ccc2c1)Oc1ccc2cc(O)ccc2c1. The summed E-state index contributed by atoms with van der Waals surface area (Å²) < 4.78 is 12.0. The Labute approximate surface area is 189 Å². The molecule has 0 aliphatic heterocycles. The van der Waals surface area contributed by atoms with Crippen molar-refractivity contribution >= 4 is 21.5 Å². The molecular weight excluding hydrogens is 400 g/mol. The minimum Gasteiger partial charge on any atom is -0.508 e.